The summed E-state index contributed by atoms with van der Waals surface area (Å²) in [6.45, 7) is 1.53. The monoisotopic (exact) mass is 172 g/mol. The Morgan fingerprint density at radius 2 is 2.42 bits per heavy atom. The smallest absolute Gasteiger partial charge is 0.450 e. The van der Waals surface area contributed by atoms with Crippen molar-refractivity contribution in [2.24, 2.45) is 0 Å². The van der Waals surface area contributed by atoms with E-state index in [1.165, 1.54) is 19.1 Å². The van der Waals surface area contributed by atoms with E-state index in [0.717, 1.165) is 0 Å². The number of ether oxygens (including phenoxy) is 2. The number of hydrogen-bond acceptors (Lipinski definition) is 4. The van der Waals surface area contributed by atoms with E-state index in [1.807, 2.05) is 0 Å². The predicted octanol–water partition coefficient (Wildman–Crippen LogP) is 0.551. The molecule has 0 aliphatic carbocycles. The molecule has 0 unspecified atom stereocenters. The summed E-state index contributed by atoms with van der Waals surface area (Å²) in [5.74, 6) is -0.194. The lowest BCUT2D eigenvalue weighted by Gasteiger charge is -2.20. The maximum Gasteiger partial charge on any atom is 0.508 e. The molecule has 0 fully saturated rings. The van der Waals surface area contributed by atoms with Crippen LogP contribution in [0, 0.1) is 0 Å². The van der Waals surface area contributed by atoms with Crippen molar-refractivity contribution in [3.8, 4) is 0 Å². The first kappa shape index (κ1) is 8.73. The van der Waals surface area contributed by atoms with Crippen LogP contribution < -0.4 is 0 Å². The average molecular weight is 172 g/mol. The molecule has 0 aromatic carbocycles. The van der Waals surface area contributed by atoms with Gasteiger partial charge in [0.15, 0.2) is 5.78 Å². The van der Waals surface area contributed by atoms with Crippen molar-refractivity contribution in [3.05, 3.63) is 12.2 Å². The number of carboxylic acid groups (broad SMARTS) is 1. The van der Waals surface area contributed by atoms with Gasteiger partial charge in [-0.1, -0.05) is 0 Å². The topological polar surface area (TPSA) is 72.8 Å². The predicted molar refractivity (Wildman–Crippen MR) is 37.6 cm³/mol. The summed E-state index contributed by atoms with van der Waals surface area (Å²) in [5, 5.41) is 8.20. The Morgan fingerprint density at radius 1 is 1.75 bits per heavy atom. The van der Waals surface area contributed by atoms with Gasteiger partial charge >= 0.3 is 6.16 Å². The van der Waals surface area contributed by atoms with Crippen LogP contribution in [0.25, 0.3) is 0 Å². The Hall–Kier alpha value is -1.36. The van der Waals surface area contributed by atoms with E-state index in [-0.39, 0.29) is 5.78 Å². The Kier molecular flexibility index (Phi) is 2.44. The van der Waals surface area contributed by atoms with E-state index in [9.17, 15) is 9.59 Å². The zero-order valence-corrected chi connectivity index (χ0v) is 6.39. The molecule has 1 rings (SSSR count). The minimum absolute atomic E-state index is 0.194. The number of hydrogen-bond donors (Lipinski definition) is 1. The normalized spacial score (nSPS) is 28.6. The molecule has 1 heterocycles. The molecular formula is C7H8O5. The molecule has 0 spiro atoms. The van der Waals surface area contributed by atoms with Crippen LogP contribution in [0.1, 0.15) is 6.92 Å². The number of carbonyl (C=O) groups excluding carboxylic acids is 1. The lowest BCUT2D eigenvalue weighted by atomic mass is 10.2. The van der Waals surface area contributed by atoms with Gasteiger partial charge in [0.25, 0.3) is 0 Å². The third kappa shape index (κ3) is 2.06. The van der Waals surface area contributed by atoms with Gasteiger partial charge in [-0.2, -0.15) is 0 Å². The third-order valence-corrected chi connectivity index (χ3v) is 1.37. The largest absolute Gasteiger partial charge is 0.508 e. The van der Waals surface area contributed by atoms with Crippen LogP contribution in [0.4, 0.5) is 4.79 Å². The molecule has 0 saturated carbocycles. The van der Waals surface area contributed by atoms with Gasteiger partial charge in [-0.15, -0.1) is 0 Å². The quantitative estimate of drug-likeness (QED) is 0.584. The van der Waals surface area contributed by atoms with Crippen LogP contribution in [0.2, 0.25) is 0 Å². The molecule has 12 heavy (non-hydrogen) atoms. The maximum absolute atomic E-state index is 10.8. The summed E-state index contributed by atoms with van der Waals surface area (Å²) >= 11 is 0. The van der Waals surface area contributed by atoms with E-state index >= 15 is 0 Å². The molecular weight excluding hydrogens is 164 g/mol. The van der Waals surface area contributed by atoms with Crippen molar-refractivity contribution < 1.29 is 24.2 Å². The first-order chi connectivity index (χ1) is 5.59. The molecule has 1 aliphatic heterocycles. The second kappa shape index (κ2) is 3.36. The van der Waals surface area contributed by atoms with Crippen LogP contribution in [0.3, 0.4) is 0 Å². The Labute approximate surface area is 68.6 Å². The van der Waals surface area contributed by atoms with Crippen molar-refractivity contribution in [1.82, 2.24) is 0 Å². The average Bonchev–Trinajstić information content (AvgIpc) is 1.96. The van der Waals surface area contributed by atoms with E-state index in [2.05, 4.69) is 4.74 Å². The first-order valence-electron chi connectivity index (χ1n) is 3.36. The molecule has 0 bridgehead atoms. The van der Waals surface area contributed by atoms with Gasteiger partial charge in [-0.25, -0.2) is 4.79 Å². The summed E-state index contributed by atoms with van der Waals surface area (Å²) in [4.78, 5) is 20.8. The number of carbonyl (C=O) groups is 2. The van der Waals surface area contributed by atoms with E-state index in [4.69, 9.17) is 9.84 Å². The van der Waals surface area contributed by atoms with Gasteiger partial charge in [0, 0.05) is 0 Å². The summed E-state index contributed by atoms with van der Waals surface area (Å²) in [5.41, 5.74) is 0. The van der Waals surface area contributed by atoms with Gasteiger partial charge < -0.3 is 14.6 Å². The van der Waals surface area contributed by atoms with Crippen molar-refractivity contribution in [3.63, 3.8) is 0 Å². The fourth-order valence-corrected chi connectivity index (χ4v) is 0.789. The minimum Gasteiger partial charge on any atom is -0.450 e. The van der Waals surface area contributed by atoms with Crippen molar-refractivity contribution >= 4 is 11.9 Å². The van der Waals surface area contributed by atoms with Crippen LogP contribution in [-0.2, 0) is 14.3 Å². The highest BCUT2D eigenvalue weighted by molar-refractivity contribution is 5.93. The van der Waals surface area contributed by atoms with Gasteiger partial charge in [0.2, 0.25) is 6.29 Å². The zero-order chi connectivity index (χ0) is 9.14. The van der Waals surface area contributed by atoms with Crippen LogP contribution in [0.15, 0.2) is 12.2 Å². The minimum atomic E-state index is -1.42. The molecule has 0 amide bonds. The van der Waals surface area contributed by atoms with Crippen molar-refractivity contribution in [1.29, 1.82) is 0 Å². The molecule has 0 saturated heterocycles. The molecule has 2 atom stereocenters. The fourth-order valence-electron chi connectivity index (χ4n) is 0.789. The second-order valence-corrected chi connectivity index (χ2v) is 2.29. The van der Waals surface area contributed by atoms with Crippen LogP contribution >= 0.6 is 0 Å². The molecule has 0 aromatic heterocycles. The zero-order valence-electron chi connectivity index (χ0n) is 6.39. The SMILES string of the molecule is C[C@H]1O[C@H](OC(=O)O)C=CC1=O. The van der Waals surface area contributed by atoms with Crippen molar-refractivity contribution in [2.45, 2.75) is 19.3 Å². The summed E-state index contributed by atoms with van der Waals surface area (Å²) in [6.07, 6.45) is -0.515. The summed E-state index contributed by atoms with van der Waals surface area (Å²) < 4.78 is 9.14. The van der Waals surface area contributed by atoms with Gasteiger partial charge in [0.05, 0.1) is 0 Å². The standard InChI is InChI=1S/C7H8O5/c1-4-5(8)2-3-6(11-4)12-7(9)10/h2-4,6H,1H3,(H,9,10)/t4-,6-/m1/s1. The molecule has 5 nitrogen and oxygen atoms in total. The van der Waals surface area contributed by atoms with Crippen LogP contribution in [-0.4, -0.2) is 29.4 Å². The molecule has 1 aliphatic rings. The van der Waals surface area contributed by atoms with Crippen molar-refractivity contribution in [2.75, 3.05) is 0 Å². The van der Waals surface area contributed by atoms with E-state index in [0.29, 0.717) is 0 Å². The highest BCUT2D eigenvalue weighted by Gasteiger charge is 2.23. The Balaban J connectivity index is 2.55. The molecule has 0 radical (unpaired) electrons. The lowest BCUT2D eigenvalue weighted by Crippen LogP contribution is -2.31. The summed E-state index contributed by atoms with van der Waals surface area (Å²) in [6, 6.07) is 0. The molecule has 1 N–H and O–H groups in total. The van der Waals surface area contributed by atoms with Gasteiger partial charge in [-0.05, 0) is 19.1 Å². The van der Waals surface area contributed by atoms with Gasteiger partial charge in [-0.3, -0.25) is 4.79 Å². The maximum atomic E-state index is 10.8. The van der Waals surface area contributed by atoms with Crippen LogP contribution in [0.5, 0.6) is 0 Å². The first-order valence-corrected chi connectivity index (χ1v) is 3.36. The third-order valence-electron chi connectivity index (χ3n) is 1.37. The summed E-state index contributed by atoms with van der Waals surface area (Å²) in [7, 11) is 0. The Bertz CT molecular complexity index is 232. The number of ketones is 1. The Morgan fingerprint density at radius 3 is 2.92 bits per heavy atom. The fraction of sp³-hybridized carbons (Fsp3) is 0.429. The lowest BCUT2D eigenvalue weighted by molar-refractivity contribution is -0.149. The van der Waals surface area contributed by atoms with E-state index in [1.54, 1.807) is 0 Å². The highest BCUT2D eigenvalue weighted by atomic mass is 16.8. The van der Waals surface area contributed by atoms with Gasteiger partial charge in [0.1, 0.15) is 6.10 Å². The van der Waals surface area contributed by atoms with E-state index < -0.39 is 18.5 Å². The molecule has 0 aromatic rings. The highest BCUT2D eigenvalue weighted by Crippen LogP contribution is 2.09. The number of rotatable bonds is 1. The molecule has 66 valence electrons. The second-order valence-electron chi connectivity index (χ2n) is 2.29. The molecule has 5 heteroatoms.